The van der Waals surface area contributed by atoms with E-state index >= 15 is 0 Å². The van der Waals surface area contributed by atoms with Gasteiger partial charge in [0.25, 0.3) is 0 Å². The van der Waals surface area contributed by atoms with Crippen LogP contribution in [-0.2, 0) is 23.8 Å². The van der Waals surface area contributed by atoms with Crippen LogP contribution in [0.1, 0.15) is 13.8 Å². The summed E-state index contributed by atoms with van der Waals surface area (Å²) in [7, 11) is 0. The summed E-state index contributed by atoms with van der Waals surface area (Å²) >= 11 is 0. The van der Waals surface area contributed by atoms with Crippen LogP contribution in [0.2, 0.25) is 0 Å². The first-order valence-corrected chi connectivity index (χ1v) is 4.19. The fourth-order valence-electron chi connectivity index (χ4n) is 0.526. The zero-order valence-corrected chi connectivity index (χ0v) is 8.69. The Morgan fingerprint density at radius 1 is 1.33 bits per heavy atom. The zero-order valence-electron chi connectivity index (χ0n) is 8.69. The third-order valence-corrected chi connectivity index (χ3v) is 1.23. The molecule has 0 amide bonds. The van der Waals surface area contributed by atoms with Crippen LogP contribution in [-0.4, -0.2) is 36.7 Å². The molecule has 0 fully saturated rings. The van der Waals surface area contributed by atoms with Gasteiger partial charge in [-0.15, -0.1) is 0 Å². The molecule has 1 N–H and O–H groups in total. The Balaban J connectivity index is 3.54. The van der Waals surface area contributed by atoms with Gasteiger partial charge in [-0.1, -0.05) is 6.58 Å². The van der Waals surface area contributed by atoms with E-state index in [1.54, 1.807) is 0 Å². The molecule has 86 valence electrons. The Labute approximate surface area is 87.4 Å². The van der Waals surface area contributed by atoms with Gasteiger partial charge in [0.1, 0.15) is 6.61 Å². The lowest BCUT2D eigenvalue weighted by Crippen LogP contribution is -2.23. The number of rotatable bonds is 6. The average molecular weight is 218 g/mol. The number of ether oxygens (including phenoxy) is 3. The van der Waals surface area contributed by atoms with E-state index in [1.165, 1.54) is 13.8 Å². The second kappa shape index (κ2) is 6.97. The van der Waals surface area contributed by atoms with Crippen molar-refractivity contribution in [2.24, 2.45) is 0 Å². The molecule has 0 saturated heterocycles. The first kappa shape index (κ1) is 13.6. The lowest BCUT2D eigenvalue weighted by molar-refractivity contribution is -0.197. The van der Waals surface area contributed by atoms with E-state index < -0.39 is 25.0 Å². The van der Waals surface area contributed by atoms with Crippen LogP contribution >= 0.6 is 0 Å². The van der Waals surface area contributed by atoms with Crippen LogP contribution in [0.15, 0.2) is 12.2 Å². The highest BCUT2D eigenvalue weighted by molar-refractivity contribution is 5.86. The summed E-state index contributed by atoms with van der Waals surface area (Å²) in [5, 5.41) is 9.04. The van der Waals surface area contributed by atoms with Gasteiger partial charge in [0.2, 0.25) is 0 Å². The number of aliphatic hydroxyl groups is 1. The molecule has 1 atom stereocenters. The van der Waals surface area contributed by atoms with Crippen molar-refractivity contribution in [2.45, 2.75) is 20.1 Å². The Bertz CT molecular complexity index is 247. The zero-order chi connectivity index (χ0) is 11.8. The molecule has 0 saturated carbocycles. The van der Waals surface area contributed by atoms with Crippen LogP contribution in [0.25, 0.3) is 0 Å². The standard InChI is InChI=1S/C9H14O6/c1-6(2)9(12)15-5-14-8(11)4-13-7(3)10/h8,11H,1,4-5H2,2-3H3. The van der Waals surface area contributed by atoms with Crippen molar-refractivity contribution in [3.05, 3.63) is 12.2 Å². The van der Waals surface area contributed by atoms with Gasteiger partial charge >= 0.3 is 11.9 Å². The Morgan fingerprint density at radius 2 is 1.93 bits per heavy atom. The van der Waals surface area contributed by atoms with Gasteiger partial charge in [0, 0.05) is 12.5 Å². The monoisotopic (exact) mass is 218 g/mol. The van der Waals surface area contributed by atoms with Gasteiger partial charge in [-0.2, -0.15) is 0 Å². The molecule has 0 aromatic carbocycles. The van der Waals surface area contributed by atoms with Crippen LogP contribution in [0.5, 0.6) is 0 Å². The number of hydrogen-bond acceptors (Lipinski definition) is 6. The van der Waals surface area contributed by atoms with E-state index in [1.807, 2.05) is 0 Å². The van der Waals surface area contributed by atoms with Gasteiger partial charge in [0.15, 0.2) is 13.1 Å². The normalized spacial score (nSPS) is 11.7. The minimum Gasteiger partial charge on any atom is -0.460 e. The molecule has 6 heteroatoms. The van der Waals surface area contributed by atoms with Crippen LogP contribution < -0.4 is 0 Å². The molecular formula is C9H14O6. The van der Waals surface area contributed by atoms with Crippen LogP contribution in [0, 0.1) is 0 Å². The summed E-state index contributed by atoms with van der Waals surface area (Å²) in [4.78, 5) is 21.2. The van der Waals surface area contributed by atoms with E-state index in [9.17, 15) is 9.59 Å². The first-order valence-electron chi connectivity index (χ1n) is 4.19. The summed E-state index contributed by atoms with van der Waals surface area (Å²) in [6.45, 7) is 5.31. The van der Waals surface area contributed by atoms with E-state index in [0.717, 1.165) is 0 Å². The predicted octanol–water partition coefficient (Wildman–Crippen LogP) is -0.0387. The molecule has 0 bridgehead atoms. The van der Waals surface area contributed by atoms with Crippen molar-refractivity contribution in [1.29, 1.82) is 0 Å². The van der Waals surface area contributed by atoms with Gasteiger partial charge in [-0.25, -0.2) is 4.79 Å². The lowest BCUT2D eigenvalue weighted by atomic mass is 10.4. The Kier molecular flexibility index (Phi) is 6.32. The third kappa shape index (κ3) is 7.65. The molecule has 0 aromatic heterocycles. The minimum absolute atomic E-state index is 0.230. The molecule has 0 heterocycles. The van der Waals surface area contributed by atoms with Crippen molar-refractivity contribution < 1.29 is 28.9 Å². The van der Waals surface area contributed by atoms with E-state index in [-0.39, 0.29) is 12.2 Å². The number of hydrogen-bond donors (Lipinski definition) is 1. The highest BCUT2D eigenvalue weighted by Crippen LogP contribution is 1.94. The molecule has 0 aliphatic rings. The van der Waals surface area contributed by atoms with E-state index in [4.69, 9.17) is 5.11 Å². The summed E-state index contributed by atoms with van der Waals surface area (Å²) < 4.78 is 13.6. The quantitative estimate of drug-likeness (QED) is 0.382. The number of esters is 2. The minimum atomic E-state index is -1.31. The maximum absolute atomic E-state index is 10.8. The smallest absolute Gasteiger partial charge is 0.335 e. The summed E-state index contributed by atoms with van der Waals surface area (Å²) in [6.07, 6.45) is -1.31. The van der Waals surface area contributed by atoms with Crippen molar-refractivity contribution in [1.82, 2.24) is 0 Å². The van der Waals surface area contributed by atoms with Crippen molar-refractivity contribution in [2.75, 3.05) is 13.4 Å². The highest BCUT2D eigenvalue weighted by Gasteiger charge is 2.08. The predicted molar refractivity (Wildman–Crippen MR) is 49.5 cm³/mol. The van der Waals surface area contributed by atoms with Gasteiger partial charge in [-0.3, -0.25) is 4.79 Å². The summed E-state index contributed by atoms with van der Waals surface area (Å²) in [6, 6.07) is 0. The van der Waals surface area contributed by atoms with Crippen molar-refractivity contribution in [3.8, 4) is 0 Å². The van der Waals surface area contributed by atoms with E-state index in [0.29, 0.717) is 0 Å². The molecule has 0 aromatic rings. The molecular weight excluding hydrogens is 204 g/mol. The second-order valence-corrected chi connectivity index (χ2v) is 2.75. The maximum atomic E-state index is 10.8. The van der Waals surface area contributed by atoms with E-state index in [2.05, 4.69) is 20.8 Å². The Morgan fingerprint density at radius 3 is 2.40 bits per heavy atom. The summed E-state index contributed by atoms with van der Waals surface area (Å²) in [5.41, 5.74) is 0.230. The second-order valence-electron chi connectivity index (χ2n) is 2.75. The Hall–Kier alpha value is -1.40. The van der Waals surface area contributed by atoms with Gasteiger partial charge < -0.3 is 19.3 Å². The molecule has 0 rings (SSSR count). The molecule has 0 radical (unpaired) electrons. The van der Waals surface area contributed by atoms with Crippen molar-refractivity contribution >= 4 is 11.9 Å². The van der Waals surface area contributed by atoms with Gasteiger partial charge in [-0.05, 0) is 6.92 Å². The molecule has 15 heavy (non-hydrogen) atoms. The van der Waals surface area contributed by atoms with Crippen molar-refractivity contribution in [3.63, 3.8) is 0 Å². The first-order chi connectivity index (χ1) is 6.93. The fraction of sp³-hybridized carbons (Fsp3) is 0.556. The highest BCUT2D eigenvalue weighted by atomic mass is 16.7. The number of aliphatic hydroxyl groups excluding tert-OH is 1. The molecule has 6 nitrogen and oxygen atoms in total. The molecule has 0 aliphatic carbocycles. The maximum Gasteiger partial charge on any atom is 0.335 e. The molecule has 0 spiro atoms. The average Bonchev–Trinajstić information content (AvgIpc) is 2.14. The summed E-state index contributed by atoms with van der Waals surface area (Å²) in [5.74, 6) is -1.15. The van der Waals surface area contributed by atoms with Crippen LogP contribution in [0.4, 0.5) is 0 Å². The van der Waals surface area contributed by atoms with Crippen LogP contribution in [0.3, 0.4) is 0 Å². The topological polar surface area (TPSA) is 82.1 Å². The fourth-order valence-corrected chi connectivity index (χ4v) is 0.526. The van der Waals surface area contributed by atoms with Gasteiger partial charge in [0.05, 0.1) is 0 Å². The molecule has 0 aliphatic heterocycles. The lowest BCUT2D eigenvalue weighted by Gasteiger charge is -2.11. The SMILES string of the molecule is C=C(C)C(=O)OCOC(O)COC(C)=O. The number of carbonyl (C=O) groups is 2. The third-order valence-electron chi connectivity index (χ3n) is 1.23. The largest absolute Gasteiger partial charge is 0.460 e. The number of carbonyl (C=O) groups excluding carboxylic acids is 2. The molecule has 1 unspecified atom stereocenters.